The zero-order valence-corrected chi connectivity index (χ0v) is 15.5. The molecule has 0 radical (unpaired) electrons. The Kier molecular flexibility index (Phi) is 7.07. The van der Waals surface area contributed by atoms with Crippen LogP contribution in [0.2, 0.25) is 0 Å². The van der Waals surface area contributed by atoms with Crippen molar-refractivity contribution >= 4 is 21.6 Å². The van der Waals surface area contributed by atoms with Gasteiger partial charge in [-0.25, -0.2) is 8.42 Å². The van der Waals surface area contributed by atoms with Crippen molar-refractivity contribution in [2.45, 2.75) is 32.3 Å². The molecule has 0 aromatic heterocycles. The summed E-state index contributed by atoms with van der Waals surface area (Å²) in [6, 6.07) is 6.92. The standard InChI is InChI=1S/C17H26N2O5S/c1-3-23-16-9-5-4-8-15(16)19(25(2,21)22)11-10-17(20)18-13-14-7-6-12-24-14/h4-5,8-9,14H,3,6-7,10-13H2,1-2H3,(H,18,20). The SMILES string of the molecule is CCOc1ccccc1N(CCC(=O)NCC1CCCO1)S(C)(=O)=O. The fourth-order valence-electron chi connectivity index (χ4n) is 2.73. The quantitative estimate of drug-likeness (QED) is 0.713. The van der Waals surface area contributed by atoms with Crippen LogP contribution in [-0.4, -0.2) is 53.0 Å². The van der Waals surface area contributed by atoms with Gasteiger partial charge in [0.2, 0.25) is 15.9 Å². The second-order valence-corrected chi connectivity index (χ2v) is 7.83. The fourth-order valence-corrected chi connectivity index (χ4v) is 3.66. The molecule has 1 N–H and O–H groups in total. The maximum atomic E-state index is 12.2. The minimum absolute atomic E-state index is 0.0558. The van der Waals surface area contributed by atoms with Crippen LogP contribution < -0.4 is 14.4 Å². The number of hydrogen-bond acceptors (Lipinski definition) is 5. The van der Waals surface area contributed by atoms with Gasteiger partial charge in [-0.05, 0) is 31.9 Å². The maximum absolute atomic E-state index is 12.2. The van der Waals surface area contributed by atoms with Crippen molar-refractivity contribution < 1.29 is 22.7 Å². The Labute approximate surface area is 149 Å². The molecule has 1 aromatic rings. The highest BCUT2D eigenvalue weighted by Gasteiger charge is 2.22. The van der Waals surface area contributed by atoms with Gasteiger partial charge in [-0.3, -0.25) is 9.10 Å². The highest BCUT2D eigenvalue weighted by atomic mass is 32.2. The molecular weight excluding hydrogens is 344 g/mol. The number of amides is 1. The number of ether oxygens (including phenoxy) is 2. The Morgan fingerprint density at radius 1 is 1.40 bits per heavy atom. The minimum atomic E-state index is -3.54. The lowest BCUT2D eigenvalue weighted by atomic mass is 10.2. The average molecular weight is 370 g/mol. The number of sulfonamides is 1. The van der Waals surface area contributed by atoms with E-state index in [-0.39, 0.29) is 25.0 Å². The summed E-state index contributed by atoms with van der Waals surface area (Å²) in [5, 5.41) is 2.81. The molecule has 140 valence electrons. The lowest BCUT2D eigenvalue weighted by molar-refractivity contribution is -0.121. The van der Waals surface area contributed by atoms with Crippen molar-refractivity contribution in [3.63, 3.8) is 0 Å². The summed E-state index contributed by atoms with van der Waals surface area (Å²) in [7, 11) is -3.54. The number of nitrogens with zero attached hydrogens (tertiary/aromatic N) is 1. The number of nitrogens with one attached hydrogen (secondary N) is 1. The Morgan fingerprint density at radius 2 is 2.16 bits per heavy atom. The third kappa shape index (κ3) is 5.89. The van der Waals surface area contributed by atoms with Crippen LogP contribution in [0.15, 0.2) is 24.3 Å². The van der Waals surface area contributed by atoms with Crippen molar-refractivity contribution in [3.8, 4) is 5.75 Å². The summed E-state index contributed by atoms with van der Waals surface area (Å²) in [6.45, 7) is 3.51. The number of carbonyl (C=O) groups is 1. The summed E-state index contributed by atoms with van der Waals surface area (Å²) < 4.78 is 36.6. The van der Waals surface area contributed by atoms with E-state index in [9.17, 15) is 13.2 Å². The number of rotatable bonds is 9. The lowest BCUT2D eigenvalue weighted by Gasteiger charge is -2.24. The molecule has 8 heteroatoms. The van der Waals surface area contributed by atoms with Crippen LogP contribution in [0.3, 0.4) is 0 Å². The molecule has 0 bridgehead atoms. The molecule has 0 spiro atoms. The van der Waals surface area contributed by atoms with E-state index in [4.69, 9.17) is 9.47 Å². The Morgan fingerprint density at radius 3 is 2.80 bits per heavy atom. The summed E-state index contributed by atoms with van der Waals surface area (Å²) in [4.78, 5) is 12.1. The number of para-hydroxylation sites is 2. The molecule has 1 atom stereocenters. The van der Waals surface area contributed by atoms with Gasteiger partial charge < -0.3 is 14.8 Å². The van der Waals surface area contributed by atoms with Gasteiger partial charge in [0.15, 0.2) is 0 Å². The molecule has 1 unspecified atom stereocenters. The molecule has 1 fully saturated rings. The van der Waals surface area contributed by atoms with Gasteiger partial charge in [0.25, 0.3) is 0 Å². The number of carbonyl (C=O) groups excluding carboxylic acids is 1. The van der Waals surface area contributed by atoms with Crippen LogP contribution in [0, 0.1) is 0 Å². The molecule has 1 amide bonds. The Balaban J connectivity index is 2.00. The zero-order chi connectivity index (χ0) is 18.3. The Bertz CT molecular complexity index is 671. The van der Waals surface area contributed by atoms with E-state index in [0.717, 1.165) is 25.7 Å². The van der Waals surface area contributed by atoms with Crippen molar-refractivity contribution in [2.75, 3.05) is 36.9 Å². The molecule has 1 aliphatic heterocycles. The first-order valence-corrected chi connectivity index (χ1v) is 10.3. The van der Waals surface area contributed by atoms with E-state index in [1.807, 2.05) is 6.92 Å². The third-order valence-electron chi connectivity index (χ3n) is 3.93. The largest absolute Gasteiger partial charge is 0.492 e. The van der Waals surface area contributed by atoms with E-state index in [2.05, 4.69) is 5.32 Å². The van der Waals surface area contributed by atoms with E-state index < -0.39 is 10.0 Å². The first kappa shape index (κ1) is 19.5. The van der Waals surface area contributed by atoms with Crippen LogP contribution in [0.4, 0.5) is 5.69 Å². The van der Waals surface area contributed by atoms with Crippen molar-refractivity contribution in [3.05, 3.63) is 24.3 Å². The van der Waals surface area contributed by atoms with Gasteiger partial charge in [0.1, 0.15) is 5.75 Å². The minimum Gasteiger partial charge on any atom is -0.492 e. The van der Waals surface area contributed by atoms with Crippen LogP contribution in [-0.2, 0) is 19.6 Å². The van der Waals surface area contributed by atoms with E-state index in [0.29, 0.717) is 24.6 Å². The summed E-state index contributed by atoms with van der Waals surface area (Å²) in [5.41, 5.74) is 0.443. The predicted octanol–water partition coefficient (Wildman–Crippen LogP) is 1.54. The van der Waals surface area contributed by atoms with E-state index in [1.54, 1.807) is 24.3 Å². The average Bonchev–Trinajstić information content (AvgIpc) is 3.07. The van der Waals surface area contributed by atoms with Gasteiger partial charge in [0, 0.05) is 26.1 Å². The topological polar surface area (TPSA) is 84.9 Å². The first-order chi connectivity index (χ1) is 11.9. The van der Waals surface area contributed by atoms with Crippen LogP contribution in [0.1, 0.15) is 26.2 Å². The molecule has 1 heterocycles. The third-order valence-corrected chi connectivity index (χ3v) is 5.11. The molecular formula is C17H26N2O5S. The maximum Gasteiger partial charge on any atom is 0.232 e. The highest BCUT2D eigenvalue weighted by Crippen LogP contribution is 2.29. The van der Waals surface area contributed by atoms with Crippen molar-refractivity contribution in [1.82, 2.24) is 5.32 Å². The van der Waals surface area contributed by atoms with Gasteiger partial charge >= 0.3 is 0 Å². The van der Waals surface area contributed by atoms with Gasteiger partial charge in [-0.2, -0.15) is 0 Å². The molecule has 0 aliphatic carbocycles. The first-order valence-electron chi connectivity index (χ1n) is 8.49. The van der Waals surface area contributed by atoms with E-state index in [1.165, 1.54) is 4.31 Å². The van der Waals surface area contributed by atoms with Crippen LogP contribution in [0.25, 0.3) is 0 Å². The summed E-state index contributed by atoms with van der Waals surface area (Å²) in [5.74, 6) is 0.285. The fraction of sp³-hybridized carbons (Fsp3) is 0.588. The molecule has 2 rings (SSSR count). The van der Waals surface area contributed by atoms with Crippen LogP contribution >= 0.6 is 0 Å². The van der Waals surface area contributed by atoms with E-state index >= 15 is 0 Å². The number of benzene rings is 1. The second kappa shape index (κ2) is 9.05. The molecule has 0 saturated carbocycles. The van der Waals surface area contributed by atoms with Crippen molar-refractivity contribution in [1.29, 1.82) is 0 Å². The summed E-state index contributed by atoms with van der Waals surface area (Å²) in [6.07, 6.45) is 3.21. The van der Waals surface area contributed by atoms with Gasteiger partial charge in [-0.15, -0.1) is 0 Å². The molecule has 7 nitrogen and oxygen atoms in total. The van der Waals surface area contributed by atoms with Gasteiger partial charge in [-0.1, -0.05) is 12.1 Å². The van der Waals surface area contributed by atoms with Crippen molar-refractivity contribution in [2.24, 2.45) is 0 Å². The van der Waals surface area contributed by atoms with Gasteiger partial charge in [0.05, 0.1) is 24.7 Å². The normalized spacial score (nSPS) is 17.3. The highest BCUT2D eigenvalue weighted by molar-refractivity contribution is 7.92. The predicted molar refractivity (Wildman–Crippen MR) is 96.4 cm³/mol. The number of hydrogen-bond donors (Lipinski definition) is 1. The Hall–Kier alpha value is -1.80. The number of anilines is 1. The monoisotopic (exact) mass is 370 g/mol. The molecule has 1 saturated heterocycles. The molecule has 25 heavy (non-hydrogen) atoms. The smallest absolute Gasteiger partial charge is 0.232 e. The molecule has 1 aromatic carbocycles. The summed E-state index contributed by atoms with van der Waals surface area (Å²) >= 11 is 0. The molecule has 1 aliphatic rings. The van der Waals surface area contributed by atoms with Crippen LogP contribution in [0.5, 0.6) is 5.75 Å². The second-order valence-electron chi connectivity index (χ2n) is 5.92. The lowest BCUT2D eigenvalue weighted by Crippen LogP contribution is -2.37. The zero-order valence-electron chi connectivity index (χ0n) is 14.7.